The van der Waals surface area contributed by atoms with E-state index < -0.39 is 0 Å². The molecule has 27 heavy (non-hydrogen) atoms. The van der Waals surface area contributed by atoms with Crippen LogP contribution in [0.1, 0.15) is 39.2 Å². The molecule has 2 N–H and O–H groups in total. The fourth-order valence-corrected chi connectivity index (χ4v) is 3.16. The van der Waals surface area contributed by atoms with Gasteiger partial charge in [0.2, 0.25) is 0 Å². The summed E-state index contributed by atoms with van der Waals surface area (Å²) in [6.07, 6.45) is 2.47. The molecule has 1 fully saturated rings. The lowest BCUT2D eigenvalue weighted by Gasteiger charge is -2.32. The summed E-state index contributed by atoms with van der Waals surface area (Å²) >= 11 is 0. The second kappa shape index (κ2) is 12.4. The van der Waals surface area contributed by atoms with Crippen LogP contribution in [0.4, 0.5) is 0 Å². The third kappa shape index (κ3) is 8.25. The molecular weight excluding hydrogens is 451 g/mol. The van der Waals surface area contributed by atoms with Gasteiger partial charge < -0.3 is 15.4 Å². The minimum absolute atomic E-state index is 0. The summed E-state index contributed by atoms with van der Waals surface area (Å²) in [6.45, 7) is 11.0. The molecule has 0 aromatic heterocycles. The molecular formula is C21H37IN4O. The van der Waals surface area contributed by atoms with E-state index in [9.17, 15) is 0 Å². The van der Waals surface area contributed by atoms with Crippen LogP contribution in [0.3, 0.4) is 0 Å². The Labute approximate surface area is 182 Å². The molecule has 154 valence electrons. The molecule has 6 heteroatoms. The molecule has 5 nitrogen and oxygen atoms in total. The van der Waals surface area contributed by atoms with Gasteiger partial charge in [0.1, 0.15) is 5.75 Å². The van der Waals surface area contributed by atoms with Gasteiger partial charge in [0, 0.05) is 26.2 Å². The van der Waals surface area contributed by atoms with Crippen molar-refractivity contribution < 1.29 is 4.74 Å². The second-order valence-electron chi connectivity index (χ2n) is 7.70. The molecule has 0 radical (unpaired) electrons. The zero-order chi connectivity index (χ0) is 18.9. The number of guanidine groups is 1. The Hall–Kier alpha value is -1.02. The maximum absolute atomic E-state index is 5.23. The summed E-state index contributed by atoms with van der Waals surface area (Å²) in [7, 11) is 3.56. The standard InChI is InChI=1S/C21H36N4O.HI/c1-16(2)17(3)24-21(22-4)23-14-18-10-12-25(13-11-18)15-19-6-8-20(26-5)9-7-19;/h6-9,16-18H,10-15H2,1-5H3,(H2,22,23,24);1H. The molecule has 1 unspecified atom stereocenters. The Balaban J connectivity index is 0.00000364. The van der Waals surface area contributed by atoms with E-state index in [1.54, 1.807) is 7.11 Å². The van der Waals surface area contributed by atoms with Crippen LogP contribution in [0.25, 0.3) is 0 Å². The zero-order valence-corrected chi connectivity index (χ0v) is 19.8. The number of aliphatic imine (C=N–C) groups is 1. The van der Waals surface area contributed by atoms with Crippen LogP contribution in [0.15, 0.2) is 29.3 Å². The van der Waals surface area contributed by atoms with Gasteiger partial charge in [0.25, 0.3) is 0 Å². The molecule has 1 aliphatic heterocycles. The number of ether oxygens (including phenoxy) is 1. The Morgan fingerprint density at radius 2 is 1.81 bits per heavy atom. The van der Waals surface area contributed by atoms with Crippen LogP contribution in [0, 0.1) is 11.8 Å². The maximum Gasteiger partial charge on any atom is 0.191 e. The summed E-state index contributed by atoms with van der Waals surface area (Å²) < 4.78 is 5.23. The topological polar surface area (TPSA) is 48.9 Å². The van der Waals surface area contributed by atoms with E-state index in [1.807, 2.05) is 19.2 Å². The van der Waals surface area contributed by atoms with E-state index in [0.29, 0.717) is 12.0 Å². The first-order valence-electron chi connectivity index (χ1n) is 9.84. The molecule has 1 heterocycles. The molecule has 0 aliphatic carbocycles. The van der Waals surface area contributed by atoms with Crippen molar-refractivity contribution in [2.24, 2.45) is 16.8 Å². The number of hydrogen-bond donors (Lipinski definition) is 2. The van der Waals surface area contributed by atoms with E-state index in [2.05, 4.69) is 53.4 Å². The second-order valence-corrected chi connectivity index (χ2v) is 7.70. The van der Waals surface area contributed by atoms with Gasteiger partial charge in [-0.3, -0.25) is 9.89 Å². The summed E-state index contributed by atoms with van der Waals surface area (Å²) in [5.41, 5.74) is 1.36. The number of nitrogens with zero attached hydrogens (tertiary/aromatic N) is 2. The van der Waals surface area contributed by atoms with E-state index in [-0.39, 0.29) is 24.0 Å². The fraction of sp³-hybridized carbons (Fsp3) is 0.667. The van der Waals surface area contributed by atoms with Gasteiger partial charge in [0.15, 0.2) is 5.96 Å². The Bertz CT molecular complexity index is 554. The highest BCUT2D eigenvalue weighted by atomic mass is 127. The molecule has 1 aromatic carbocycles. The van der Waals surface area contributed by atoms with E-state index in [0.717, 1.165) is 43.8 Å². The van der Waals surface area contributed by atoms with Crippen LogP contribution in [-0.2, 0) is 6.54 Å². The van der Waals surface area contributed by atoms with Crippen molar-refractivity contribution in [2.75, 3.05) is 33.8 Å². The molecule has 2 rings (SSSR count). The molecule has 1 aliphatic rings. The highest BCUT2D eigenvalue weighted by Gasteiger charge is 2.20. The molecule has 1 aromatic rings. The van der Waals surface area contributed by atoms with Crippen molar-refractivity contribution in [3.8, 4) is 5.75 Å². The van der Waals surface area contributed by atoms with Crippen molar-refractivity contribution in [1.29, 1.82) is 0 Å². The number of methoxy groups -OCH3 is 1. The van der Waals surface area contributed by atoms with Crippen LogP contribution < -0.4 is 15.4 Å². The normalized spacial score (nSPS) is 17.3. The average molecular weight is 488 g/mol. The first-order valence-corrected chi connectivity index (χ1v) is 9.84. The van der Waals surface area contributed by atoms with Gasteiger partial charge in [-0.15, -0.1) is 24.0 Å². The van der Waals surface area contributed by atoms with Crippen molar-refractivity contribution in [3.05, 3.63) is 29.8 Å². The lowest BCUT2D eigenvalue weighted by molar-refractivity contribution is 0.178. The lowest BCUT2D eigenvalue weighted by atomic mass is 9.96. The number of nitrogens with one attached hydrogen (secondary N) is 2. The van der Waals surface area contributed by atoms with Crippen LogP contribution >= 0.6 is 24.0 Å². The van der Waals surface area contributed by atoms with Crippen molar-refractivity contribution >= 4 is 29.9 Å². The first-order chi connectivity index (χ1) is 12.5. The predicted octanol–water partition coefficient (Wildman–Crippen LogP) is 3.73. The van der Waals surface area contributed by atoms with Crippen molar-refractivity contribution in [2.45, 2.75) is 46.2 Å². The number of piperidine rings is 1. The van der Waals surface area contributed by atoms with Crippen molar-refractivity contribution in [1.82, 2.24) is 15.5 Å². The first kappa shape index (κ1) is 24.0. The highest BCUT2D eigenvalue weighted by Crippen LogP contribution is 2.19. The predicted molar refractivity (Wildman–Crippen MR) is 125 cm³/mol. The number of benzene rings is 1. The molecule has 1 atom stereocenters. The molecule has 0 amide bonds. The van der Waals surface area contributed by atoms with Gasteiger partial charge in [-0.2, -0.15) is 0 Å². The largest absolute Gasteiger partial charge is 0.497 e. The van der Waals surface area contributed by atoms with E-state index >= 15 is 0 Å². The minimum atomic E-state index is 0. The van der Waals surface area contributed by atoms with Gasteiger partial charge in [-0.25, -0.2) is 0 Å². The summed E-state index contributed by atoms with van der Waals surface area (Å²) in [5.74, 6) is 3.16. The summed E-state index contributed by atoms with van der Waals surface area (Å²) in [5, 5.41) is 6.98. The smallest absolute Gasteiger partial charge is 0.191 e. The van der Waals surface area contributed by atoms with Gasteiger partial charge in [-0.05, 0) is 62.4 Å². The molecule has 0 saturated carbocycles. The number of likely N-dealkylation sites (tertiary alicyclic amines) is 1. The van der Waals surface area contributed by atoms with Crippen LogP contribution in [-0.4, -0.2) is 50.7 Å². The zero-order valence-electron chi connectivity index (χ0n) is 17.5. The van der Waals surface area contributed by atoms with E-state index in [4.69, 9.17) is 4.74 Å². The third-order valence-corrected chi connectivity index (χ3v) is 5.42. The van der Waals surface area contributed by atoms with Crippen molar-refractivity contribution in [3.63, 3.8) is 0 Å². The lowest BCUT2D eigenvalue weighted by Crippen LogP contribution is -2.46. The van der Waals surface area contributed by atoms with E-state index in [1.165, 1.54) is 18.4 Å². The summed E-state index contributed by atoms with van der Waals surface area (Å²) in [6, 6.07) is 8.84. The molecule has 1 saturated heterocycles. The van der Waals surface area contributed by atoms with Crippen LogP contribution in [0.2, 0.25) is 0 Å². The quantitative estimate of drug-likeness (QED) is 0.349. The maximum atomic E-state index is 5.23. The monoisotopic (exact) mass is 488 g/mol. The van der Waals surface area contributed by atoms with Gasteiger partial charge in [-0.1, -0.05) is 26.0 Å². The third-order valence-electron chi connectivity index (χ3n) is 5.42. The summed E-state index contributed by atoms with van der Waals surface area (Å²) in [4.78, 5) is 6.90. The number of hydrogen-bond acceptors (Lipinski definition) is 3. The number of halogens is 1. The Morgan fingerprint density at radius 3 is 2.33 bits per heavy atom. The Morgan fingerprint density at radius 1 is 1.19 bits per heavy atom. The van der Waals surface area contributed by atoms with Crippen LogP contribution in [0.5, 0.6) is 5.75 Å². The highest BCUT2D eigenvalue weighted by molar-refractivity contribution is 14.0. The Kier molecular flexibility index (Phi) is 11.1. The SMILES string of the molecule is CN=C(NCC1CCN(Cc2ccc(OC)cc2)CC1)NC(C)C(C)C.I. The van der Waals surface area contributed by atoms with Gasteiger partial charge >= 0.3 is 0 Å². The van der Waals surface area contributed by atoms with Gasteiger partial charge in [0.05, 0.1) is 7.11 Å². The molecule has 0 bridgehead atoms. The molecule has 0 spiro atoms. The fourth-order valence-electron chi connectivity index (χ4n) is 3.16. The average Bonchev–Trinajstić information content (AvgIpc) is 2.66. The number of rotatable bonds is 7. The minimum Gasteiger partial charge on any atom is -0.497 e.